The summed E-state index contributed by atoms with van der Waals surface area (Å²) in [5.74, 6) is -0.452. The van der Waals surface area contributed by atoms with Crippen LogP contribution in [0.25, 0.3) is 10.1 Å². The summed E-state index contributed by atoms with van der Waals surface area (Å²) >= 11 is 1.17. The minimum Gasteiger partial charge on any atom is -0.491 e. The van der Waals surface area contributed by atoms with Crippen LogP contribution in [0.4, 0.5) is 0 Å². The smallest absolute Gasteiger partial charge is 0.352 e. The van der Waals surface area contributed by atoms with E-state index in [4.69, 9.17) is 9.47 Å². The molecule has 0 saturated carbocycles. The Balaban J connectivity index is 2.12. The van der Waals surface area contributed by atoms with E-state index in [2.05, 4.69) is 0 Å². The molecule has 0 saturated heterocycles. The number of carbonyl (C=O) groups is 2. The van der Waals surface area contributed by atoms with Crippen molar-refractivity contribution < 1.29 is 19.1 Å². The minimum atomic E-state index is -0.517. The Kier molecular flexibility index (Phi) is 5.94. The molecule has 2 heterocycles. The van der Waals surface area contributed by atoms with Gasteiger partial charge in [0.1, 0.15) is 5.39 Å². The Morgan fingerprint density at radius 3 is 2.46 bits per heavy atom. The zero-order valence-electron chi connectivity index (χ0n) is 16.0. The summed E-state index contributed by atoms with van der Waals surface area (Å²) in [6, 6.07) is 10.6. The fraction of sp³-hybridized carbons (Fsp3) is 0.286. The van der Waals surface area contributed by atoms with Crippen molar-refractivity contribution in [3.63, 3.8) is 0 Å². The van der Waals surface area contributed by atoms with Crippen LogP contribution in [0.1, 0.15) is 39.6 Å². The second-order valence-electron chi connectivity index (χ2n) is 6.12. The van der Waals surface area contributed by atoms with Crippen LogP contribution in [0, 0.1) is 6.92 Å². The van der Waals surface area contributed by atoms with E-state index in [1.165, 1.54) is 15.9 Å². The van der Waals surface area contributed by atoms with Gasteiger partial charge in [-0.15, -0.1) is 11.3 Å². The molecule has 0 aliphatic rings. The lowest BCUT2D eigenvalue weighted by Gasteiger charge is -2.11. The van der Waals surface area contributed by atoms with Crippen molar-refractivity contribution >= 4 is 33.2 Å². The van der Waals surface area contributed by atoms with Gasteiger partial charge in [0.25, 0.3) is 5.56 Å². The zero-order chi connectivity index (χ0) is 20.3. The van der Waals surface area contributed by atoms with Crippen LogP contribution in [-0.2, 0) is 11.3 Å². The number of benzene rings is 1. The highest BCUT2D eigenvalue weighted by atomic mass is 32.1. The molecule has 0 atom stereocenters. The number of pyridine rings is 1. The number of hydrogen-bond donors (Lipinski definition) is 0. The maximum atomic E-state index is 13.2. The van der Waals surface area contributed by atoms with Gasteiger partial charge in [0.15, 0.2) is 16.4 Å². The van der Waals surface area contributed by atoms with E-state index >= 15 is 0 Å². The predicted molar refractivity (Wildman–Crippen MR) is 109 cm³/mol. The summed E-state index contributed by atoms with van der Waals surface area (Å²) in [6.45, 7) is 5.72. The Bertz CT molecular complexity index is 1080. The van der Waals surface area contributed by atoms with Crippen LogP contribution in [0.2, 0.25) is 0 Å². The highest BCUT2D eigenvalue weighted by Crippen LogP contribution is 2.37. The van der Waals surface area contributed by atoms with Gasteiger partial charge >= 0.3 is 5.97 Å². The molecule has 0 aliphatic heterocycles. The molecule has 0 unspecified atom stereocenters. The van der Waals surface area contributed by atoms with Crippen molar-refractivity contribution in [2.45, 2.75) is 27.3 Å². The third-order valence-corrected chi connectivity index (χ3v) is 5.36. The van der Waals surface area contributed by atoms with E-state index < -0.39 is 5.97 Å². The number of esters is 1. The summed E-state index contributed by atoms with van der Waals surface area (Å²) in [6.07, 6.45) is 0. The molecule has 0 radical (unpaired) electrons. The molecule has 7 heteroatoms. The maximum Gasteiger partial charge on any atom is 0.352 e. The lowest BCUT2D eigenvalue weighted by Crippen LogP contribution is -2.26. The molecule has 0 spiro atoms. The van der Waals surface area contributed by atoms with E-state index in [1.807, 2.05) is 6.07 Å². The molecule has 3 aromatic rings. The molecular weight excluding hydrogens is 378 g/mol. The molecule has 0 fully saturated rings. The van der Waals surface area contributed by atoms with Gasteiger partial charge < -0.3 is 14.0 Å². The van der Waals surface area contributed by atoms with Gasteiger partial charge in [0.05, 0.1) is 19.8 Å². The van der Waals surface area contributed by atoms with E-state index in [0.717, 1.165) is 0 Å². The number of ether oxygens (including phenoxy) is 2. The van der Waals surface area contributed by atoms with Gasteiger partial charge in [0, 0.05) is 16.0 Å². The van der Waals surface area contributed by atoms with Gasteiger partial charge in [-0.25, -0.2) is 4.79 Å². The third kappa shape index (κ3) is 3.71. The molecule has 0 aliphatic carbocycles. The highest BCUT2D eigenvalue weighted by molar-refractivity contribution is 7.21. The summed E-state index contributed by atoms with van der Waals surface area (Å²) in [4.78, 5) is 38.4. The van der Waals surface area contributed by atoms with Gasteiger partial charge in [0.2, 0.25) is 0 Å². The number of thiophene rings is 1. The molecule has 0 amide bonds. The Hall–Kier alpha value is -2.93. The largest absolute Gasteiger partial charge is 0.491 e. The topological polar surface area (TPSA) is 74.6 Å². The van der Waals surface area contributed by atoms with Crippen LogP contribution >= 0.6 is 11.3 Å². The van der Waals surface area contributed by atoms with Crippen molar-refractivity contribution in [2.24, 2.45) is 0 Å². The van der Waals surface area contributed by atoms with Crippen LogP contribution in [0.15, 0.2) is 41.2 Å². The number of rotatable bonds is 7. The summed E-state index contributed by atoms with van der Waals surface area (Å²) in [5, 5.41) is 0.307. The number of Topliss-reactive ketones (excluding diaryl/α,β-unsaturated/α-hetero) is 1. The Morgan fingerprint density at radius 2 is 1.82 bits per heavy atom. The number of aromatic nitrogens is 1. The summed E-state index contributed by atoms with van der Waals surface area (Å²) in [7, 11) is 0. The van der Waals surface area contributed by atoms with Crippen LogP contribution in [0.3, 0.4) is 0 Å². The molecule has 1 aromatic carbocycles. The number of aryl methyl sites for hydroxylation is 1. The van der Waals surface area contributed by atoms with Crippen molar-refractivity contribution in [1.29, 1.82) is 0 Å². The second kappa shape index (κ2) is 8.39. The first kappa shape index (κ1) is 19.8. The standard InChI is InChI=1S/C21H21NO5S/c1-4-26-18-17-16(28-19(18)21(25)27-5-2)11-13(3)22(20(17)24)12-15(23)14-9-7-6-8-10-14/h6-11H,4-5,12H2,1-3H3. The van der Waals surface area contributed by atoms with E-state index in [0.29, 0.717) is 28.0 Å². The Labute approximate surface area is 166 Å². The predicted octanol–water partition coefficient (Wildman–Crippen LogP) is 3.83. The lowest BCUT2D eigenvalue weighted by atomic mass is 10.1. The SMILES string of the molecule is CCOC(=O)c1sc2cc(C)n(CC(=O)c3ccccc3)c(=O)c2c1OCC. The second-order valence-corrected chi connectivity index (χ2v) is 7.17. The zero-order valence-corrected chi connectivity index (χ0v) is 16.8. The quantitative estimate of drug-likeness (QED) is 0.446. The first-order valence-corrected chi connectivity index (χ1v) is 9.84. The van der Waals surface area contributed by atoms with Gasteiger partial charge in [-0.2, -0.15) is 0 Å². The van der Waals surface area contributed by atoms with Crippen molar-refractivity contribution in [3.05, 3.63) is 62.9 Å². The van der Waals surface area contributed by atoms with Gasteiger partial charge in [-0.3, -0.25) is 9.59 Å². The van der Waals surface area contributed by atoms with Gasteiger partial charge in [-0.1, -0.05) is 30.3 Å². The van der Waals surface area contributed by atoms with Crippen LogP contribution in [0.5, 0.6) is 5.75 Å². The van der Waals surface area contributed by atoms with Gasteiger partial charge in [-0.05, 0) is 26.8 Å². The number of hydrogen-bond acceptors (Lipinski definition) is 6. The Morgan fingerprint density at radius 1 is 1.11 bits per heavy atom. The molecular formula is C21H21NO5S. The number of ketones is 1. The van der Waals surface area contributed by atoms with E-state index in [-0.39, 0.29) is 35.1 Å². The molecule has 28 heavy (non-hydrogen) atoms. The fourth-order valence-corrected chi connectivity index (χ4v) is 4.10. The van der Waals surface area contributed by atoms with Crippen molar-refractivity contribution in [2.75, 3.05) is 13.2 Å². The molecule has 3 rings (SSSR count). The number of fused-ring (bicyclic) bond motifs is 1. The normalized spacial score (nSPS) is 10.8. The van der Waals surface area contributed by atoms with E-state index in [9.17, 15) is 14.4 Å². The summed E-state index contributed by atoms with van der Waals surface area (Å²) < 4.78 is 12.8. The number of nitrogens with zero attached hydrogens (tertiary/aromatic N) is 1. The minimum absolute atomic E-state index is 0.0826. The average molecular weight is 399 g/mol. The third-order valence-electron chi connectivity index (χ3n) is 4.26. The van der Waals surface area contributed by atoms with Crippen molar-refractivity contribution in [1.82, 2.24) is 4.57 Å². The lowest BCUT2D eigenvalue weighted by molar-refractivity contribution is 0.0528. The molecule has 6 nitrogen and oxygen atoms in total. The molecule has 0 N–H and O–H groups in total. The van der Waals surface area contributed by atoms with Crippen molar-refractivity contribution in [3.8, 4) is 5.75 Å². The van der Waals surface area contributed by atoms with Crippen LogP contribution in [-0.4, -0.2) is 29.5 Å². The number of carbonyl (C=O) groups excluding carboxylic acids is 2. The first-order chi connectivity index (χ1) is 13.5. The highest BCUT2D eigenvalue weighted by Gasteiger charge is 2.25. The first-order valence-electron chi connectivity index (χ1n) is 9.03. The maximum absolute atomic E-state index is 13.2. The fourth-order valence-electron chi connectivity index (χ4n) is 2.97. The average Bonchev–Trinajstić information content (AvgIpc) is 3.04. The van der Waals surface area contributed by atoms with Crippen LogP contribution < -0.4 is 10.3 Å². The molecule has 146 valence electrons. The van der Waals surface area contributed by atoms with E-state index in [1.54, 1.807) is 51.1 Å². The molecule has 2 aromatic heterocycles. The molecule has 0 bridgehead atoms. The summed E-state index contributed by atoms with van der Waals surface area (Å²) in [5.41, 5.74) is 0.826. The monoisotopic (exact) mass is 399 g/mol.